The number of benzene rings is 1. The number of hydrogen-bond acceptors (Lipinski definition) is 3. The van der Waals surface area contributed by atoms with Crippen molar-refractivity contribution in [1.29, 1.82) is 0 Å². The Kier molecular flexibility index (Phi) is 4.70. The molecular formula is C16H24O3. The largest absolute Gasteiger partial charge is 0.490 e. The monoisotopic (exact) mass is 264 g/mol. The predicted molar refractivity (Wildman–Crippen MR) is 75.8 cm³/mol. The van der Waals surface area contributed by atoms with Gasteiger partial charge < -0.3 is 14.6 Å². The average molecular weight is 264 g/mol. The molecule has 3 nitrogen and oxygen atoms in total. The highest BCUT2D eigenvalue weighted by Crippen LogP contribution is 2.40. The Hall–Kier alpha value is -1.22. The van der Waals surface area contributed by atoms with Crippen molar-refractivity contribution >= 4 is 0 Å². The van der Waals surface area contributed by atoms with Gasteiger partial charge in [0.05, 0.1) is 18.8 Å². The molecule has 3 heteroatoms. The summed E-state index contributed by atoms with van der Waals surface area (Å²) >= 11 is 0. The predicted octanol–water partition coefficient (Wildman–Crippen LogP) is 3.64. The summed E-state index contributed by atoms with van der Waals surface area (Å²) in [6.45, 7) is 5.13. The van der Waals surface area contributed by atoms with Crippen LogP contribution in [0.3, 0.4) is 0 Å². The van der Waals surface area contributed by atoms with E-state index in [4.69, 9.17) is 9.47 Å². The van der Waals surface area contributed by atoms with Gasteiger partial charge in [-0.1, -0.05) is 25.3 Å². The van der Waals surface area contributed by atoms with E-state index in [1.807, 2.05) is 32.0 Å². The minimum absolute atomic E-state index is 0.599. The Morgan fingerprint density at radius 2 is 1.63 bits per heavy atom. The van der Waals surface area contributed by atoms with Crippen molar-refractivity contribution in [2.24, 2.45) is 0 Å². The molecule has 2 rings (SSSR count). The summed E-state index contributed by atoms with van der Waals surface area (Å²) in [5.74, 6) is 1.49. The van der Waals surface area contributed by atoms with Gasteiger partial charge >= 0.3 is 0 Å². The first-order chi connectivity index (χ1) is 9.19. The fourth-order valence-electron chi connectivity index (χ4n) is 2.77. The first-order valence-corrected chi connectivity index (χ1v) is 7.32. The third-order valence-electron chi connectivity index (χ3n) is 3.76. The molecule has 0 unspecified atom stereocenters. The van der Waals surface area contributed by atoms with E-state index >= 15 is 0 Å². The smallest absolute Gasteiger partial charge is 0.161 e. The van der Waals surface area contributed by atoms with Gasteiger partial charge in [-0.05, 0) is 44.4 Å². The maximum Gasteiger partial charge on any atom is 0.161 e. The summed E-state index contributed by atoms with van der Waals surface area (Å²) in [6.07, 6.45) is 5.08. The van der Waals surface area contributed by atoms with Crippen LogP contribution in [0.25, 0.3) is 0 Å². The van der Waals surface area contributed by atoms with Crippen LogP contribution >= 0.6 is 0 Å². The Labute approximate surface area is 115 Å². The molecule has 19 heavy (non-hydrogen) atoms. The second kappa shape index (κ2) is 6.29. The molecule has 0 aliphatic heterocycles. The van der Waals surface area contributed by atoms with Gasteiger partial charge in [0.1, 0.15) is 0 Å². The van der Waals surface area contributed by atoms with Gasteiger partial charge in [0, 0.05) is 0 Å². The molecule has 0 saturated heterocycles. The third kappa shape index (κ3) is 3.21. The Bertz CT molecular complexity index is 408. The van der Waals surface area contributed by atoms with Crippen LogP contribution in [0.4, 0.5) is 0 Å². The van der Waals surface area contributed by atoms with E-state index in [-0.39, 0.29) is 0 Å². The summed E-state index contributed by atoms with van der Waals surface area (Å²) in [7, 11) is 0. The molecule has 0 aromatic heterocycles. The van der Waals surface area contributed by atoms with E-state index < -0.39 is 5.60 Å². The molecule has 1 aliphatic rings. The minimum Gasteiger partial charge on any atom is -0.490 e. The highest BCUT2D eigenvalue weighted by molar-refractivity contribution is 5.44. The van der Waals surface area contributed by atoms with Gasteiger partial charge in [0.15, 0.2) is 11.5 Å². The van der Waals surface area contributed by atoms with E-state index in [0.717, 1.165) is 42.7 Å². The van der Waals surface area contributed by atoms with E-state index in [0.29, 0.717) is 13.2 Å². The zero-order valence-electron chi connectivity index (χ0n) is 11.9. The van der Waals surface area contributed by atoms with Gasteiger partial charge in [-0.3, -0.25) is 0 Å². The quantitative estimate of drug-likeness (QED) is 0.882. The lowest BCUT2D eigenvalue weighted by Crippen LogP contribution is -2.28. The first kappa shape index (κ1) is 14.2. The number of rotatable bonds is 5. The molecule has 1 aliphatic carbocycles. The summed E-state index contributed by atoms with van der Waals surface area (Å²) < 4.78 is 11.2. The fourth-order valence-corrected chi connectivity index (χ4v) is 2.77. The van der Waals surface area contributed by atoms with Crippen LogP contribution in [0.5, 0.6) is 11.5 Å². The van der Waals surface area contributed by atoms with Gasteiger partial charge in [-0.25, -0.2) is 0 Å². The molecular weight excluding hydrogens is 240 g/mol. The van der Waals surface area contributed by atoms with Crippen LogP contribution < -0.4 is 9.47 Å². The Morgan fingerprint density at radius 3 is 2.26 bits per heavy atom. The van der Waals surface area contributed by atoms with Crippen LogP contribution in [0.15, 0.2) is 18.2 Å². The molecule has 1 aromatic carbocycles. The number of ether oxygens (including phenoxy) is 2. The van der Waals surface area contributed by atoms with Crippen molar-refractivity contribution in [2.45, 2.75) is 51.6 Å². The molecule has 1 fully saturated rings. The van der Waals surface area contributed by atoms with Crippen LogP contribution in [0, 0.1) is 0 Å². The van der Waals surface area contributed by atoms with Crippen molar-refractivity contribution in [1.82, 2.24) is 0 Å². The normalized spacial score (nSPS) is 18.1. The van der Waals surface area contributed by atoms with Crippen molar-refractivity contribution in [3.05, 3.63) is 23.8 Å². The lowest BCUT2D eigenvalue weighted by Gasteiger charge is -2.33. The van der Waals surface area contributed by atoms with E-state index in [9.17, 15) is 5.11 Å². The zero-order chi connectivity index (χ0) is 13.7. The highest BCUT2D eigenvalue weighted by atomic mass is 16.5. The molecule has 1 N–H and O–H groups in total. The Morgan fingerprint density at radius 1 is 1.00 bits per heavy atom. The minimum atomic E-state index is -0.686. The summed E-state index contributed by atoms with van der Waals surface area (Å²) in [4.78, 5) is 0. The lowest BCUT2D eigenvalue weighted by atomic mass is 9.79. The highest BCUT2D eigenvalue weighted by Gasteiger charge is 2.31. The van der Waals surface area contributed by atoms with E-state index in [1.165, 1.54) is 6.42 Å². The topological polar surface area (TPSA) is 38.7 Å². The molecule has 0 radical (unpaired) electrons. The molecule has 0 spiro atoms. The van der Waals surface area contributed by atoms with Crippen molar-refractivity contribution in [2.75, 3.05) is 13.2 Å². The second-order valence-corrected chi connectivity index (χ2v) is 5.12. The SMILES string of the molecule is CCOc1ccc(C2(O)CCCCC2)cc1OCC. The van der Waals surface area contributed by atoms with Gasteiger partial charge in [-0.15, -0.1) is 0 Å². The lowest BCUT2D eigenvalue weighted by molar-refractivity contribution is -0.000877. The molecule has 0 heterocycles. The summed E-state index contributed by atoms with van der Waals surface area (Å²) in [6, 6.07) is 5.83. The molecule has 0 atom stereocenters. The van der Waals surface area contributed by atoms with Crippen molar-refractivity contribution in [3.8, 4) is 11.5 Å². The maximum absolute atomic E-state index is 10.8. The third-order valence-corrected chi connectivity index (χ3v) is 3.76. The van der Waals surface area contributed by atoms with E-state index in [1.54, 1.807) is 0 Å². The maximum atomic E-state index is 10.8. The fraction of sp³-hybridized carbons (Fsp3) is 0.625. The van der Waals surface area contributed by atoms with Crippen LogP contribution in [0.2, 0.25) is 0 Å². The van der Waals surface area contributed by atoms with Crippen LogP contribution in [0.1, 0.15) is 51.5 Å². The molecule has 0 amide bonds. The summed E-state index contributed by atoms with van der Waals surface area (Å²) in [5.41, 5.74) is 0.272. The standard InChI is InChI=1S/C16H24O3/c1-3-18-14-9-8-13(12-15(14)19-4-2)16(17)10-6-5-7-11-16/h8-9,12,17H,3-7,10-11H2,1-2H3. The second-order valence-electron chi connectivity index (χ2n) is 5.12. The van der Waals surface area contributed by atoms with Gasteiger partial charge in [0.25, 0.3) is 0 Å². The molecule has 0 bridgehead atoms. The number of hydrogen-bond donors (Lipinski definition) is 1. The Balaban J connectivity index is 2.28. The van der Waals surface area contributed by atoms with E-state index in [2.05, 4.69) is 0 Å². The first-order valence-electron chi connectivity index (χ1n) is 7.32. The van der Waals surface area contributed by atoms with Crippen LogP contribution in [-0.2, 0) is 5.60 Å². The number of aliphatic hydroxyl groups is 1. The molecule has 106 valence electrons. The zero-order valence-corrected chi connectivity index (χ0v) is 11.9. The van der Waals surface area contributed by atoms with Crippen LogP contribution in [-0.4, -0.2) is 18.3 Å². The molecule has 1 aromatic rings. The van der Waals surface area contributed by atoms with Crippen molar-refractivity contribution in [3.63, 3.8) is 0 Å². The summed E-state index contributed by atoms with van der Waals surface area (Å²) in [5, 5.41) is 10.8. The van der Waals surface area contributed by atoms with Crippen molar-refractivity contribution < 1.29 is 14.6 Å². The average Bonchev–Trinajstić information content (AvgIpc) is 2.42. The molecule has 1 saturated carbocycles. The van der Waals surface area contributed by atoms with Gasteiger partial charge in [-0.2, -0.15) is 0 Å². The van der Waals surface area contributed by atoms with Gasteiger partial charge in [0.2, 0.25) is 0 Å².